The summed E-state index contributed by atoms with van der Waals surface area (Å²) in [5.41, 5.74) is 0. The lowest BCUT2D eigenvalue weighted by molar-refractivity contribution is -0.182. The Hall–Kier alpha value is -0.160. The molecule has 0 saturated carbocycles. The zero-order valence-corrected chi connectivity index (χ0v) is 20.0. The summed E-state index contributed by atoms with van der Waals surface area (Å²) in [6, 6.07) is 0. The van der Waals surface area contributed by atoms with Crippen molar-refractivity contribution >= 4 is 0 Å². The van der Waals surface area contributed by atoms with E-state index < -0.39 is 0 Å². The Labute approximate surface area is 191 Å². The summed E-state index contributed by atoms with van der Waals surface area (Å²) >= 11 is 0. The maximum atomic E-state index is 6.74. The highest BCUT2D eigenvalue weighted by Gasteiger charge is 2.38. The minimum atomic E-state index is 0.436. The highest BCUT2D eigenvalue weighted by atomic mass is 16.5. The minimum Gasteiger partial charge on any atom is -0.360 e. The van der Waals surface area contributed by atoms with Crippen LogP contribution >= 0.6 is 0 Å². The highest BCUT2D eigenvalue weighted by Crippen LogP contribution is 2.36. The van der Waals surface area contributed by atoms with Crippen LogP contribution in [0.1, 0.15) is 109 Å². The Balaban J connectivity index is 1.18. The molecule has 4 nitrogen and oxygen atoms in total. The third-order valence-corrected chi connectivity index (χ3v) is 9.16. The molecule has 0 aliphatic carbocycles. The first-order valence-corrected chi connectivity index (χ1v) is 14.2. The molecule has 178 valence electrons. The van der Waals surface area contributed by atoms with Gasteiger partial charge in [-0.25, -0.2) is 0 Å². The maximum Gasteiger partial charge on any atom is 0.113 e. The first-order chi connectivity index (χ1) is 15.4. The molecule has 5 heterocycles. The Morgan fingerprint density at radius 3 is 1.32 bits per heavy atom. The molecule has 4 heteroatoms. The quantitative estimate of drug-likeness (QED) is 0.472. The van der Waals surface area contributed by atoms with Gasteiger partial charge >= 0.3 is 0 Å². The second-order valence-corrected chi connectivity index (χ2v) is 11.4. The Morgan fingerprint density at radius 2 is 0.806 bits per heavy atom. The van der Waals surface area contributed by atoms with Crippen molar-refractivity contribution in [2.75, 3.05) is 26.2 Å². The van der Waals surface area contributed by atoms with Gasteiger partial charge in [0.05, 0.1) is 12.2 Å². The van der Waals surface area contributed by atoms with Crippen molar-refractivity contribution in [1.82, 2.24) is 9.80 Å². The van der Waals surface area contributed by atoms with E-state index in [4.69, 9.17) is 9.47 Å². The van der Waals surface area contributed by atoms with Gasteiger partial charge in [-0.15, -0.1) is 0 Å². The van der Waals surface area contributed by atoms with Gasteiger partial charge in [-0.1, -0.05) is 44.9 Å². The molecule has 5 saturated heterocycles. The number of hydrogen-bond acceptors (Lipinski definition) is 4. The van der Waals surface area contributed by atoms with Crippen molar-refractivity contribution in [3.8, 4) is 0 Å². The standard InChI is InChI=1S/C27H48N2O2/c1-2-6-14-24-16-20-29-19-9-13-23(27(29)30-24)11-5-3-7-15-25-17-21-28-18-8-12-22(10-4-1)26(28)31-25/h22-27H,1-21H2/t22-,23+,24-,25-,26-,27+/m0/s1. The van der Waals surface area contributed by atoms with Crippen LogP contribution in [-0.2, 0) is 9.47 Å². The third kappa shape index (κ3) is 5.86. The molecule has 5 fully saturated rings. The van der Waals surface area contributed by atoms with Crippen molar-refractivity contribution in [1.29, 1.82) is 0 Å². The van der Waals surface area contributed by atoms with Crippen LogP contribution in [0.5, 0.6) is 0 Å². The molecule has 5 aliphatic rings. The van der Waals surface area contributed by atoms with Gasteiger partial charge < -0.3 is 9.47 Å². The molecule has 0 aromatic carbocycles. The fourth-order valence-electron chi connectivity index (χ4n) is 7.36. The number of hydrogen-bond donors (Lipinski definition) is 0. The summed E-state index contributed by atoms with van der Waals surface area (Å²) in [7, 11) is 0. The highest BCUT2D eigenvalue weighted by molar-refractivity contribution is 4.85. The first-order valence-electron chi connectivity index (χ1n) is 14.2. The van der Waals surface area contributed by atoms with Crippen LogP contribution in [-0.4, -0.2) is 60.6 Å². The summed E-state index contributed by atoms with van der Waals surface area (Å²) in [5.74, 6) is 1.57. The fraction of sp³-hybridized carbons (Fsp3) is 1.00. The van der Waals surface area contributed by atoms with E-state index in [-0.39, 0.29) is 0 Å². The maximum absolute atomic E-state index is 6.74. The molecule has 0 spiro atoms. The van der Waals surface area contributed by atoms with E-state index in [0.717, 1.165) is 11.8 Å². The van der Waals surface area contributed by atoms with Gasteiger partial charge in [0.2, 0.25) is 0 Å². The number of fused-ring (bicyclic) bond motifs is 2. The molecule has 31 heavy (non-hydrogen) atoms. The van der Waals surface area contributed by atoms with Gasteiger partial charge in [-0.2, -0.15) is 0 Å². The normalized spacial score (nSPS) is 42.2. The second-order valence-electron chi connectivity index (χ2n) is 11.4. The monoisotopic (exact) mass is 432 g/mol. The van der Waals surface area contributed by atoms with Crippen LogP contribution in [0.3, 0.4) is 0 Å². The summed E-state index contributed by atoms with van der Waals surface area (Å²) in [6.45, 7) is 5.11. The lowest BCUT2D eigenvalue weighted by Crippen LogP contribution is -2.53. The van der Waals surface area contributed by atoms with E-state index >= 15 is 0 Å². The number of nitrogens with zero attached hydrogens (tertiary/aromatic N) is 2. The largest absolute Gasteiger partial charge is 0.360 e. The van der Waals surface area contributed by atoms with Crippen LogP contribution < -0.4 is 0 Å². The Kier molecular flexibility index (Phi) is 8.26. The van der Waals surface area contributed by atoms with Crippen molar-refractivity contribution in [2.45, 2.75) is 134 Å². The van der Waals surface area contributed by atoms with E-state index in [2.05, 4.69) is 9.80 Å². The van der Waals surface area contributed by atoms with E-state index in [0.29, 0.717) is 24.7 Å². The molecule has 0 N–H and O–H groups in total. The van der Waals surface area contributed by atoms with Crippen LogP contribution in [0.2, 0.25) is 0 Å². The molecule has 0 aromatic rings. The molecule has 0 amide bonds. The third-order valence-electron chi connectivity index (χ3n) is 9.16. The Morgan fingerprint density at radius 1 is 0.387 bits per heavy atom. The van der Waals surface area contributed by atoms with Crippen molar-refractivity contribution in [3.05, 3.63) is 0 Å². The van der Waals surface area contributed by atoms with Gasteiger partial charge in [-0.05, 0) is 76.0 Å². The number of rotatable bonds is 0. The lowest BCUT2D eigenvalue weighted by atomic mass is 9.88. The summed E-state index contributed by atoms with van der Waals surface area (Å²) in [4.78, 5) is 5.36. The van der Waals surface area contributed by atoms with E-state index in [1.165, 1.54) is 135 Å². The van der Waals surface area contributed by atoms with E-state index in [9.17, 15) is 0 Å². The van der Waals surface area contributed by atoms with Gasteiger partial charge in [0, 0.05) is 26.2 Å². The summed E-state index contributed by atoms with van der Waals surface area (Å²) in [6.07, 6.45) is 25.0. The van der Waals surface area contributed by atoms with Gasteiger partial charge in [-0.3, -0.25) is 9.80 Å². The number of ether oxygens (including phenoxy) is 2. The molecular weight excluding hydrogens is 384 g/mol. The average Bonchev–Trinajstić information content (AvgIpc) is 2.81. The molecule has 5 aliphatic heterocycles. The zero-order valence-electron chi connectivity index (χ0n) is 20.0. The van der Waals surface area contributed by atoms with E-state index in [1.54, 1.807) is 0 Å². The van der Waals surface area contributed by atoms with Crippen LogP contribution in [0.25, 0.3) is 0 Å². The van der Waals surface area contributed by atoms with E-state index in [1.807, 2.05) is 0 Å². The molecule has 0 aromatic heterocycles. The fourth-order valence-corrected chi connectivity index (χ4v) is 7.36. The lowest BCUT2D eigenvalue weighted by Gasteiger charge is -2.47. The predicted octanol–water partition coefficient (Wildman–Crippen LogP) is 5.95. The minimum absolute atomic E-state index is 0.436. The molecule has 6 atom stereocenters. The van der Waals surface area contributed by atoms with Crippen molar-refractivity contribution in [2.24, 2.45) is 11.8 Å². The summed E-state index contributed by atoms with van der Waals surface area (Å²) in [5, 5.41) is 0. The van der Waals surface area contributed by atoms with Crippen LogP contribution in [0.15, 0.2) is 0 Å². The average molecular weight is 433 g/mol. The topological polar surface area (TPSA) is 24.9 Å². The molecule has 4 bridgehead atoms. The van der Waals surface area contributed by atoms with Crippen molar-refractivity contribution < 1.29 is 9.47 Å². The molecular formula is C27H48N2O2. The molecule has 0 radical (unpaired) electrons. The van der Waals surface area contributed by atoms with Crippen LogP contribution in [0, 0.1) is 11.8 Å². The zero-order chi connectivity index (χ0) is 20.9. The van der Waals surface area contributed by atoms with Crippen LogP contribution in [0.4, 0.5) is 0 Å². The molecule has 0 unspecified atom stereocenters. The van der Waals surface area contributed by atoms with Gasteiger partial charge in [0.1, 0.15) is 12.5 Å². The van der Waals surface area contributed by atoms with Crippen molar-refractivity contribution in [3.63, 3.8) is 0 Å². The summed E-state index contributed by atoms with van der Waals surface area (Å²) < 4.78 is 13.5. The first kappa shape index (κ1) is 22.6. The number of piperidine rings is 2. The Bertz CT molecular complexity index is 543. The molecule has 5 rings (SSSR count). The van der Waals surface area contributed by atoms with Gasteiger partial charge in [0.15, 0.2) is 0 Å². The SMILES string of the molecule is C1CCC[C@H]2CCCN3CC[C@H](CCCCC[C@@H]4CCCN5CC[C@H](CC1)O[C@H]45)O[C@@H]23. The predicted molar refractivity (Wildman–Crippen MR) is 126 cm³/mol. The second kappa shape index (κ2) is 11.3. The smallest absolute Gasteiger partial charge is 0.113 e. The van der Waals surface area contributed by atoms with Gasteiger partial charge in [0.25, 0.3) is 0 Å².